The summed E-state index contributed by atoms with van der Waals surface area (Å²) in [5.74, 6) is 6.83. The van der Waals surface area contributed by atoms with E-state index in [1.807, 2.05) is 31.2 Å². The Kier molecular flexibility index (Phi) is 24.5. The predicted molar refractivity (Wildman–Crippen MR) is 186 cm³/mol. The topological polar surface area (TPSA) is 120 Å². The standard InChI is InChI=1S/C38H60O11/c1-31-24-33(38(40)49-31)16-8-6-5-7-9-17-34(39)18-10-11-19-36(47-29-42-3)26-44-22-23-45-27-37(48-30-43-4)21-13-15-32-14-12-20-35(25-32)46-28-41-2/h12,14,20,24-25,31,34,36-37,39H,5-9,13,15-19,21-23,26-30H2,1-4H3/t31-,34?,36-,37-/m0/s1. The second-order valence-electron chi connectivity index (χ2n) is 12.2. The largest absolute Gasteiger partial charge is 0.468 e. The number of methoxy groups -OCH3 is 3. The number of esters is 1. The van der Waals surface area contributed by atoms with Gasteiger partial charge in [-0.25, -0.2) is 4.79 Å². The average Bonchev–Trinajstić information content (AvgIpc) is 3.43. The molecule has 11 heteroatoms. The zero-order valence-corrected chi connectivity index (χ0v) is 30.2. The molecule has 0 bridgehead atoms. The molecule has 0 radical (unpaired) electrons. The average molecular weight is 693 g/mol. The van der Waals surface area contributed by atoms with E-state index in [2.05, 4.69) is 17.9 Å². The van der Waals surface area contributed by atoms with Gasteiger partial charge in [0.15, 0.2) is 6.79 Å². The number of hydrogen-bond acceptors (Lipinski definition) is 11. The van der Waals surface area contributed by atoms with Gasteiger partial charge < -0.3 is 47.7 Å². The van der Waals surface area contributed by atoms with Crippen molar-refractivity contribution in [3.63, 3.8) is 0 Å². The van der Waals surface area contributed by atoms with Crippen LogP contribution in [0.25, 0.3) is 0 Å². The molecule has 11 nitrogen and oxygen atoms in total. The smallest absolute Gasteiger partial charge is 0.334 e. The molecule has 0 saturated carbocycles. The van der Waals surface area contributed by atoms with Crippen molar-refractivity contribution in [1.82, 2.24) is 0 Å². The van der Waals surface area contributed by atoms with E-state index < -0.39 is 6.10 Å². The van der Waals surface area contributed by atoms with Crippen molar-refractivity contribution in [1.29, 1.82) is 0 Å². The van der Waals surface area contributed by atoms with Gasteiger partial charge in [-0.05, 0) is 69.2 Å². The van der Waals surface area contributed by atoms with Gasteiger partial charge in [0.25, 0.3) is 0 Å². The molecule has 1 aromatic carbocycles. The molecular weight excluding hydrogens is 632 g/mol. The van der Waals surface area contributed by atoms with E-state index in [1.165, 1.54) is 5.56 Å². The first-order chi connectivity index (χ1) is 23.9. The van der Waals surface area contributed by atoms with Crippen LogP contribution < -0.4 is 4.74 Å². The molecule has 0 aromatic heterocycles. The highest BCUT2D eigenvalue weighted by atomic mass is 16.7. The van der Waals surface area contributed by atoms with Crippen LogP contribution in [-0.4, -0.2) is 104 Å². The summed E-state index contributed by atoms with van der Waals surface area (Å²) >= 11 is 0. The fourth-order valence-corrected chi connectivity index (χ4v) is 5.23. The van der Waals surface area contributed by atoms with Crippen LogP contribution in [0.4, 0.5) is 0 Å². The molecule has 1 N–H and O–H groups in total. The van der Waals surface area contributed by atoms with Crippen molar-refractivity contribution < 1.29 is 52.5 Å². The van der Waals surface area contributed by atoms with Crippen LogP contribution in [0.3, 0.4) is 0 Å². The van der Waals surface area contributed by atoms with Gasteiger partial charge in [0.2, 0.25) is 0 Å². The number of rotatable bonds is 30. The van der Waals surface area contributed by atoms with Crippen LogP contribution in [0.15, 0.2) is 35.9 Å². The Balaban J connectivity index is 1.56. The highest BCUT2D eigenvalue weighted by Crippen LogP contribution is 2.20. The minimum Gasteiger partial charge on any atom is -0.468 e. The number of aryl methyl sites for hydroxylation is 1. The first-order valence-electron chi connectivity index (χ1n) is 17.6. The molecule has 4 atom stereocenters. The summed E-state index contributed by atoms with van der Waals surface area (Å²) in [6, 6.07) is 8.01. The second-order valence-corrected chi connectivity index (χ2v) is 12.2. The van der Waals surface area contributed by atoms with Crippen LogP contribution in [0.5, 0.6) is 5.75 Å². The van der Waals surface area contributed by atoms with Gasteiger partial charge in [-0.15, -0.1) is 11.8 Å². The molecule has 1 unspecified atom stereocenters. The Morgan fingerprint density at radius 3 is 2.18 bits per heavy atom. The number of cyclic esters (lactones) is 1. The predicted octanol–water partition coefficient (Wildman–Crippen LogP) is 5.75. The first kappa shape index (κ1) is 42.6. The number of hydrogen-bond donors (Lipinski definition) is 1. The summed E-state index contributed by atoms with van der Waals surface area (Å²) in [6.45, 7) is 4.10. The molecule has 2 rings (SSSR count). The van der Waals surface area contributed by atoms with Crippen molar-refractivity contribution in [3.05, 3.63) is 41.5 Å². The Labute approximate surface area is 293 Å². The maximum absolute atomic E-state index is 11.7. The van der Waals surface area contributed by atoms with Crippen molar-refractivity contribution >= 4 is 5.97 Å². The fraction of sp³-hybridized carbons (Fsp3) is 0.711. The molecule has 0 amide bonds. The number of benzene rings is 1. The molecule has 0 spiro atoms. The minimum atomic E-state index is -0.442. The third-order valence-electron chi connectivity index (χ3n) is 7.82. The molecule has 278 valence electrons. The number of carbonyl (C=O) groups excluding carboxylic acids is 1. The zero-order chi connectivity index (χ0) is 35.4. The van der Waals surface area contributed by atoms with Gasteiger partial charge >= 0.3 is 5.97 Å². The summed E-state index contributed by atoms with van der Waals surface area (Å²) in [7, 11) is 4.79. The van der Waals surface area contributed by atoms with E-state index in [4.69, 9.17) is 42.6 Å². The lowest BCUT2D eigenvalue weighted by molar-refractivity contribution is -0.139. The first-order valence-corrected chi connectivity index (χ1v) is 17.6. The summed E-state index contributed by atoms with van der Waals surface area (Å²) < 4.78 is 49.0. The Morgan fingerprint density at radius 2 is 1.47 bits per heavy atom. The molecule has 1 aromatic rings. The lowest BCUT2D eigenvalue weighted by atomic mass is 10.0. The van der Waals surface area contributed by atoms with Gasteiger partial charge in [-0.3, -0.25) is 0 Å². The Bertz CT molecular complexity index is 1080. The van der Waals surface area contributed by atoms with Gasteiger partial charge in [-0.1, -0.05) is 37.8 Å². The molecule has 1 aliphatic rings. The van der Waals surface area contributed by atoms with Gasteiger partial charge in [0.1, 0.15) is 25.4 Å². The molecule has 0 aliphatic carbocycles. The molecule has 0 saturated heterocycles. The van der Waals surface area contributed by atoms with E-state index in [0.717, 1.165) is 75.5 Å². The number of unbranched alkanes of at least 4 members (excludes halogenated alkanes) is 4. The third-order valence-corrected chi connectivity index (χ3v) is 7.82. The van der Waals surface area contributed by atoms with Crippen LogP contribution in [0.2, 0.25) is 0 Å². The summed E-state index contributed by atoms with van der Waals surface area (Å²) in [5, 5.41) is 10.3. The second kappa shape index (κ2) is 28.2. The van der Waals surface area contributed by atoms with Gasteiger partial charge in [0.05, 0.1) is 44.7 Å². The highest BCUT2D eigenvalue weighted by molar-refractivity contribution is 5.90. The maximum Gasteiger partial charge on any atom is 0.334 e. The van der Waals surface area contributed by atoms with Crippen molar-refractivity contribution in [2.75, 3.05) is 68.1 Å². The maximum atomic E-state index is 11.7. The summed E-state index contributed by atoms with van der Waals surface area (Å²) in [4.78, 5) is 11.7. The van der Waals surface area contributed by atoms with Gasteiger partial charge in [0, 0.05) is 39.7 Å². The minimum absolute atomic E-state index is 0.0892. The van der Waals surface area contributed by atoms with Crippen LogP contribution in [-0.2, 0) is 49.1 Å². The molecular formula is C38H60O11. The molecule has 1 heterocycles. The number of aliphatic hydroxyl groups is 1. The highest BCUT2D eigenvalue weighted by Gasteiger charge is 2.21. The fourth-order valence-electron chi connectivity index (χ4n) is 5.23. The summed E-state index contributed by atoms with van der Waals surface area (Å²) in [6.07, 6.45) is 11.3. The molecule has 49 heavy (non-hydrogen) atoms. The van der Waals surface area contributed by atoms with Crippen molar-refractivity contribution in [2.24, 2.45) is 0 Å². The number of carbonyl (C=O) groups is 1. The van der Waals surface area contributed by atoms with Crippen LogP contribution in [0, 0.1) is 11.8 Å². The Morgan fingerprint density at radius 1 is 0.796 bits per heavy atom. The molecule has 0 fully saturated rings. The van der Waals surface area contributed by atoms with E-state index >= 15 is 0 Å². The number of aliphatic hydroxyl groups excluding tert-OH is 1. The quantitative estimate of drug-likeness (QED) is 0.0459. The monoisotopic (exact) mass is 692 g/mol. The van der Waals surface area contributed by atoms with E-state index in [9.17, 15) is 9.90 Å². The van der Waals surface area contributed by atoms with Crippen molar-refractivity contribution in [2.45, 2.75) is 108 Å². The molecule has 1 aliphatic heterocycles. The van der Waals surface area contributed by atoms with Gasteiger partial charge in [-0.2, -0.15) is 0 Å². The van der Waals surface area contributed by atoms with Crippen LogP contribution in [0.1, 0.15) is 83.1 Å². The van der Waals surface area contributed by atoms with E-state index in [-0.39, 0.29) is 44.7 Å². The lowest BCUT2D eigenvalue weighted by Crippen LogP contribution is -2.24. The SMILES string of the molecule is COCOc1cccc(CCC[C@@H](COCCOC[C@H](CC#CCC(O)CCCCCCCC2=C[C@H](C)OC2=O)OCOC)OCOC)c1. The number of ether oxygens (including phenoxy) is 9. The zero-order valence-electron chi connectivity index (χ0n) is 30.2. The summed E-state index contributed by atoms with van der Waals surface area (Å²) in [5.41, 5.74) is 2.00. The third kappa shape index (κ3) is 21.3. The van der Waals surface area contributed by atoms with E-state index in [0.29, 0.717) is 39.3 Å². The lowest BCUT2D eigenvalue weighted by Gasteiger charge is -2.18. The Hall–Kier alpha value is -2.53. The van der Waals surface area contributed by atoms with E-state index in [1.54, 1.807) is 21.3 Å². The van der Waals surface area contributed by atoms with Crippen molar-refractivity contribution in [3.8, 4) is 17.6 Å². The van der Waals surface area contributed by atoms with Crippen LogP contribution >= 0.6 is 0 Å². The normalized spacial score (nSPS) is 16.1.